The van der Waals surface area contributed by atoms with Crippen molar-refractivity contribution in [2.45, 2.75) is 32.7 Å². The topological polar surface area (TPSA) is 50.7 Å². The van der Waals surface area contributed by atoms with Crippen molar-refractivity contribution in [3.05, 3.63) is 72.2 Å². The maximum atomic E-state index is 4.65. The molecule has 3 aromatic rings. The summed E-state index contributed by atoms with van der Waals surface area (Å²) in [5, 5.41) is 3.50. The quantitative estimate of drug-likeness (QED) is 0.737. The molecule has 0 saturated heterocycles. The number of hydrogen-bond donors (Lipinski definition) is 1. The lowest BCUT2D eigenvalue weighted by molar-refractivity contribution is 0.702. The minimum Gasteiger partial charge on any atom is -0.367 e. The number of nitrogens with zero attached hydrogens (tertiary/aromatic N) is 3. The number of benzene rings is 1. The maximum absolute atomic E-state index is 4.65. The second kappa shape index (κ2) is 7.68. The van der Waals surface area contributed by atoms with Gasteiger partial charge < -0.3 is 5.32 Å². The molecule has 4 heteroatoms. The van der Waals surface area contributed by atoms with Gasteiger partial charge in [-0.2, -0.15) is 0 Å². The van der Waals surface area contributed by atoms with Crippen LogP contribution in [0.3, 0.4) is 0 Å². The van der Waals surface area contributed by atoms with Gasteiger partial charge in [0.25, 0.3) is 0 Å². The first-order chi connectivity index (χ1) is 11.7. The smallest absolute Gasteiger partial charge is 0.161 e. The van der Waals surface area contributed by atoms with Gasteiger partial charge in [0.15, 0.2) is 5.82 Å². The third-order valence-corrected chi connectivity index (χ3v) is 3.90. The van der Waals surface area contributed by atoms with E-state index in [9.17, 15) is 0 Å². The molecule has 4 nitrogen and oxygen atoms in total. The number of pyridine rings is 1. The summed E-state index contributed by atoms with van der Waals surface area (Å²) in [5.74, 6) is 1.60. The van der Waals surface area contributed by atoms with E-state index in [4.69, 9.17) is 0 Å². The predicted molar refractivity (Wildman–Crippen MR) is 97.8 cm³/mol. The second-order valence-electron chi connectivity index (χ2n) is 6.02. The highest BCUT2D eigenvalue weighted by molar-refractivity contribution is 5.56. The zero-order valence-corrected chi connectivity index (χ0v) is 14.1. The number of aromatic nitrogens is 3. The fourth-order valence-electron chi connectivity index (χ4n) is 2.63. The van der Waals surface area contributed by atoms with Crippen molar-refractivity contribution in [2.75, 3.05) is 5.32 Å². The number of aryl methyl sites for hydroxylation is 2. The van der Waals surface area contributed by atoms with E-state index in [0.717, 1.165) is 35.7 Å². The molecule has 3 rings (SSSR count). The molecule has 0 spiro atoms. The Morgan fingerprint density at radius 3 is 2.50 bits per heavy atom. The standard InChI is InChI=1S/C20H22N4/c1-15(8-9-17-6-4-3-5-7-17)22-19-14-16(2)23-20(24-19)18-10-12-21-13-11-18/h3-7,10-15H,8-9H2,1-2H3,(H,22,23,24)/t15-/m1/s1. The summed E-state index contributed by atoms with van der Waals surface area (Å²) in [6.07, 6.45) is 5.63. The fraction of sp³-hybridized carbons (Fsp3) is 0.250. The average molecular weight is 318 g/mol. The molecule has 1 atom stereocenters. The molecular weight excluding hydrogens is 296 g/mol. The molecule has 0 unspecified atom stereocenters. The van der Waals surface area contributed by atoms with Crippen LogP contribution in [-0.4, -0.2) is 21.0 Å². The summed E-state index contributed by atoms with van der Waals surface area (Å²) in [4.78, 5) is 13.2. The van der Waals surface area contributed by atoms with Gasteiger partial charge in [-0.1, -0.05) is 30.3 Å². The SMILES string of the molecule is Cc1cc(N[C@H](C)CCc2ccccc2)nc(-c2ccncc2)n1. The Balaban J connectivity index is 1.67. The summed E-state index contributed by atoms with van der Waals surface area (Å²) < 4.78 is 0. The molecule has 2 aromatic heterocycles. The van der Waals surface area contributed by atoms with Crippen LogP contribution in [0.5, 0.6) is 0 Å². The van der Waals surface area contributed by atoms with Gasteiger partial charge in [-0.05, 0) is 44.4 Å². The van der Waals surface area contributed by atoms with Crippen LogP contribution in [0.4, 0.5) is 5.82 Å². The van der Waals surface area contributed by atoms with E-state index in [-0.39, 0.29) is 0 Å². The number of anilines is 1. The number of rotatable bonds is 6. The van der Waals surface area contributed by atoms with Gasteiger partial charge in [-0.25, -0.2) is 9.97 Å². The molecule has 0 fully saturated rings. The molecule has 0 aliphatic carbocycles. The van der Waals surface area contributed by atoms with Crippen LogP contribution in [0.2, 0.25) is 0 Å². The Kier molecular flexibility index (Phi) is 5.16. The summed E-state index contributed by atoms with van der Waals surface area (Å²) >= 11 is 0. The summed E-state index contributed by atoms with van der Waals surface area (Å²) in [7, 11) is 0. The Hall–Kier alpha value is -2.75. The van der Waals surface area contributed by atoms with Crippen molar-refractivity contribution in [1.29, 1.82) is 0 Å². The predicted octanol–water partition coefficient (Wildman–Crippen LogP) is 4.28. The fourth-order valence-corrected chi connectivity index (χ4v) is 2.63. The molecule has 0 radical (unpaired) electrons. The van der Waals surface area contributed by atoms with Crippen LogP contribution in [0.15, 0.2) is 60.9 Å². The Bertz CT molecular complexity index is 772. The van der Waals surface area contributed by atoms with Gasteiger partial charge in [-0.15, -0.1) is 0 Å². The van der Waals surface area contributed by atoms with Crippen molar-refractivity contribution < 1.29 is 0 Å². The first kappa shape index (κ1) is 16.1. The van der Waals surface area contributed by atoms with Crippen molar-refractivity contribution >= 4 is 5.82 Å². The first-order valence-electron chi connectivity index (χ1n) is 8.27. The van der Waals surface area contributed by atoms with Crippen LogP contribution >= 0.6 is 0 Å². The zero-order chi connectivity index (χ0) is 16.8. The van der Waals surface area contributed by atoms with Gasteiger partial charge in [0.05, 0.1) is 0 Å². The molecule has 1 aromatic carbocycles. The zero-order valence-electron chi connectivity index (χ0n) is 14.1. The minimum absolute atomic E-state index is 0.338. The molecule has 0 aliphatic heterocycles. The van der Waals surface area contributed by atoms with E-state index < -0.39 is 0 Å². The highest BCUT2D eigenvalue weighted by Gasteiger charge is 2.08. The minimum atomic E-state index is 0.338. The average Bonchev–Trinajstić information content (AvgIpc) is 2.61. The van der Waals surface area contributed by atoms with Crippen molar-refractivity contribution in [3.63, 3.8) is 0 Å². The lowest BCUT2D eigenvalue weighted by atomic mass is 10.1. The summed E-state index contributed by atoms with van der Waals surface area (Å²) in [6.45, 7) is 4.18. The third kappa shape index (κ3) is 4.38. The molecule has 0 amide bonds. The van der Waals surface area contributed by atoms with E-state index in [1.54, 1.807) is 12.4 Å². The second-order valence-corrected chi connectivity index (χ2v) is 6.02. The van der Waals surface area contributed by atoms with Gasteiger partial charge >= 0.3 is 0 Å². The lowest BCUT2D eigenvalue weighted by Crippen LogP contribution is -2.17. The van der Waals surface area contributed by atoms with Gasteiger partial charge in [0.1, 0.15) is 5.82 Å². The Labute approximate surface area is 143 Å². The molecule has 1 N–H and O–H groups in total. The Morgan fingerprint density at radius 2 is 1.75 bits per heavy atom. The molecule has 122 valence electrons. The van der Waals surface area contributed by atoms with Crippen molar-refractivity contribution in [2.24, 2.45) is 0 Å². The molecular formula is C20H22N4. The van der Waals surface area contributed by atoms with Crippen LogP contribution in [0.25, 0.3) is 11.4 Å². The van der Waals surface area contributed by atoms with Gasteiger partial charge in [0.2, 0.25) is 0 Å². The number of hydrogen-bond acceptors (Lipinski definition) is 4. The molecule has 2 heterocycles. The maximum Gasteiger partial charge on any atom is 0.161 e. The summed E-state index contributed by atoms with van der Waals surface area (Å²) in [6, 6.07) is 16.7. The lowest BCUT2D eigenvalue weighted by Gasteiger charge is -2.15. The third-order valence-electron chi connectivity index (χ3n) is 3.90. The van der Waals surface area contributed by atoms with Gasteiger partial charge in [0, 0.05) is 35.8 Å². The molecule has 0 aliphatic rings. The van der Waals surface area contributed by atoms with Gasteiger partial charge in [-0.3, -0.25) is 4.98 Å². The van der Waals surface area contributed by atoms with Crippen LogP contribution in [-0.2, 0) is 6.42 Å². The molecule has 24 heavy (non-hydrogen) atoms. The monoisotopic (exact) mass is 318 g/mol. The Morgan fingerprint density at radius 1 is 1.00 bits per heavy atom. The van der Waals surface area contributed by atoms with Crippen molar-refractivity contribution in [3.8, 4) is 11.4 Å². The molecule has 0 saturated carbocycles. The molecule has 0 bridgehead atoms. The highest BCUT2D eigenvalue weighted by Crippen LogP contribution is 2.18. The van der Waals surface area contributed by atoms with Crippen molar-refractivity contribution in [1.82, 2.24) is 15.0 Å². The van der Waals surface area contributed by atoms with E-state index >= 15 is 0 Å². The van der Waals surface area contributed by atoms with E-state index in [1.807, 2.05) is 25.1 Å². The first-order valence-corrected chi connectivity index (χ1v) is 8.27. The summed E-state index contributed by atoms with van der Waals surface area (Å²) in [5.41, 5.74) is 3.30. The normalized spacial score (nSPS) is 11.9. The van der Waals surface area contributed by atoms with E-state index in [0.29, 0.717) is 6.04 Å². The van der Waals surface area contributed by atoms with E-state index in [1.165, 1.54) is 5.56 Å². The van der Waals surface area contributed by atoms with Crippen LogP contribution < -0.4 is 5.32 Å². The largest absolute Gasteiger partial charge is 0.367 e. The van der Waals surface area contributed by atoms with E-state index in [2.05, 4.69) is 57.5 Å². The van der Waals surface area contributed by atoms with Crippen LogP contribution in [0, 0.1) is 6.92 Å². The number of nitrogens with one attached hydrogen (secondary N) is 1. The van der Waals surface area contributed by atoms with Crippen LogP contribution in [0.1, 0.15) is 24.6 Å². The highest BCUT2D eigenvalue weighted by atomic mass is 15.0.